The van der Waals surface area contributed by atoms with Crippen LogP contribution in [0, 0.1) is 5.92 Å². The van der Waals surface area contributed by atoms with Crippen molar-refractivity contribution in [3.63, 3.8) is 0 Å². The largest absolute Gasteiger partial charge is 0.495 e. The first-order valence-corrected chi connectivity index (χ1v) is 10.0. The van der Waals surface area contributed by atoms with Gasteiger partial charge in [0.2, 0.25) is 0 Å². The Labute approximate surface area is 172 Å². The molecule has 1 aliphatic heterocycles. The number of hydrogen-bond donors (Lipinski definition) is 2. The van der Waals surface area contributed by atoms with Crippen molar-refractivity contribution in [2.75, 3.05) is 45.2 Å². The number of pyridine rings is 1. The third-order valence-corrected chi connectivity index (χ3v) is 5.21. The van der Waals surface area contributed by atoms with Crippen LogP contribution in [0.5, 0.6) is 5.75 Å². The highest BCUT2D eigenvalue weighted by molar-refractivity contribution is 6.29. The van der Waals surface area contributed by atoms with E-state index in [0.29, 0.717) is 11.1 Å². The van der Waals surface area contributed by atoms with Gasteiger partial charge < -0.3 is 20.3 Å². The number of rotatable bonds is 7. The quantitative estimate of drug-likeness (QED) is 0.424. The minimum atomic E-state index is 0.521. The van der Waals surface area contributed by atoms with Crippen LogP contribution < -0.4 is 20.3 Å². The van der Waals surface area contributed by atoms with Crippen molar-refractivity contribution in [2.45, 2.75) is 12.8 Å². The summed E-state index contributed by atoms with van der Waals surface area (Å²) >= 11 is 5.82. The van der Waals surface area contributed by atoms with E-state index >= 15 is 0 Å². The lowest BCUT2D eigenvalue weighted by Gasteiger charge is -2.21. The lowest BCUT2D eigenvalue weighted by atomic mass is 10.1. The van der Waals surface area contributed by atoms with Gasteiger partial charge in [-0.15, -0.1) is 0 Å². The van der Waals surface area contributed by atoms with Crippen molar-refractivity contribution < 1.29 is 4.74 Å². The van der Waals surface area contributed by atoms with Crippen LogP contribution in [0.15, 0.2) is 47.6 Å². The summed E-state index contributed by atoms with van der Waals surface area (Å²) in [6, 6.07) is 12.0. The average molecular weight is 402 g/mol. The molecule has 6 nitrogen and oxygen atoms in total. The molecule has 0 spiro atoms. The summed E-state index contributed by atoms with van der Waals surface area (Å²) in [5.41, 5.74) is 2.32. The number of anilines is 1. The first-order chi connectivity index (χ1) is 13.7. The molecular formula is C21H28ClN5O. The van der Waals surface area contributed by atoms with Crippen LogP contribution in [0.4, 0.5) is 5.69 Å². The van der Waals surface area contributed by atoms with E-state index in [0.717, 1.165) is 56.3 Å². The summed E-state index contributed by atoms with van der Waals surface area (Å²) < 4.78 is 5.50. The molecule has 7 heteroatoms. The minimum absolute atomic E-state index is 0.521. The monoisotopic (exact) mass is 401 g/mol. The Morgan fingerprint density at radius 2 is 2.14 bits per heavy atom. The molecule has 28 heavy (non-hydrogen) atoms. The second kappa shape index (κ2) is 10.2. The van der Waals surface area contributed by atoms with Gasteiger partial charge in [0.1, 0.15) is 10.9 Å². The Balaban J connectivity index is 1.42. The van der Waals surface area contributed by atoms with Crippen LogP contribution >= 0.6 is 11.6 Å². The van der Waals surface area contributed by atoms with Gasteiger partial charge in [0, 0.05) is 39.4 Å². The van der Waals surface area contributed by atoms with Gasteiger partial charge in [-0.05, 0) is 42.5 Å². The summed E-state index contributed by atoms with van der Waals surface area (Å²) in [6.07, 6.45) is 3.83. The average Bonchev–Trinajstić information content (AvgIpc) is 3.20. The second-order valence-corrected chi connectivity index (χ2v) is 7.28. The third kappa shape index (κ3) is 5.52. The topological polar surface area (TPSA) is 61.8 Å². The molecule has 1 aromatic carbocycles. The molecule has 2 aromatic rings. The number of benzene rings is 1. The fourth-order valence-electron chi connectivity index (χ4n) is 3.45. The van der Waals surface area contributed by atoms with E-state index < -0.39 is 0 Å². The van der Waals surface area contributed by atoms with Crippen molar-refractivity contribution >= 4 is 23.2 Å². The van der Waals surface area contributed by atoms with E-state index in [1.807, 2.05) is 30.5 Å². The predicted octanol–water partition coefficient (Wildman–Crippen LogP) is 2.98. The van der Waals surface area contributed by atoms with E-state index in [4.69, 9.17) is 16.3 Å². The summed E-state index contributed by atoms with van der Waals surface area (Å²) in [7, 11) is 3.53. The molecule has 0 amide bonds. The van der Waals surface area contributed by atoms with Crippen LogP contribution in [0.3, 0.4) is 0 Å². The predicted molar refractivity (Wildman–Crippen MR) is 116 cm³/mol. The third-order valence-electron chi connectivity index (χ3n) is 4.99. The molecule has 1 unspecified atom stereocenters. The Hall–Kier alpha value is -2.47. The zero-order valence-corrected chi connectivity index (χ0v) is 17.2. The van der Waals surface area contributed by atoms with Crippen LogP contribution in [0.2, 0.25) is 5.15 Å². The molecule has 1 atom stereocenters. The van der Waals surface area contributed by atoms with Crippen LogP contribution in [-0.4, -0.2) is 51.3 Å². The summed E-state index contributed by atoms with van der Waals surface area (Å²) in [4.78, 5) is 10.8. The number of ether oxygens (including phenoxy) is 1. The van der Waals surface area contributed by atoms with Gasteiger partial charge in [-0.3, -0.25) is 4.99 Å². The van der Waals surface area contributed by atoms with Gasteiger partial charge in [-0.2, -0.15) is 0 Å². The minimum Gasteiger partial charge on any atom is -0.495 e. The van der Waals surface area contributed by atoms with Crippen molar-refractivity contribution in [2.24, 2.45) is 10.9 Å². The molecule has 0 saturated carbocycles. The second-order valence-electron chi connectivity index (χ2n) is 6.89. The molecule has 2 heterocycles. The highest BCUT2D eigenvalue weighted by atomic mass is 35.5. The van der Waals surface area contributed by atoms with Crippen LogP contribution in [-0.2, 0) is 6.42 Å². The number of aliphatic imine (C=N–C) groups is 1. The summed E-state index contributed by atoms with van der Waals surface area (Å²) in [5.74, 6) is 2.34. The van der Waals surface area contributed by atoms with Crippen LogP contribution in [0.25, 0.3) is 0 Å². The fraction of sp³-hybridized carbons (Fsp3) is 0.429. The van der Waals surface area contributed by atoms with E-state index in [1.165, 1.54) is 5.69 Å². The van der Waals surface area contributed by atoms with Crippen molar-refractivity contribution in [3.8, 4) is 5.75 Å². The van der Waals surface area contributed by atoms with Gasteiger partial charge >= 0.3 is 0 Å². The SMILES string of the molecule is CN=C(NCCc1ccc(Cl)nc1)NCC1CCN(c2ccccc2OC)C1. The Morgan fingerprint density at radius 1 is 1.29 bits per heavy atom. The van der Waals surface area contributed by atoms with Crippen molar-refractivity contribution in [1.82, 2.24) is 15.6 Å². The Kier molecular flexibility index (Phi) is 7.37. The van der Waals surface area contributed by atoms with E-state index in [1.54, 1.807) is 14.2 Å². The number of para-hydroxylation sites is 2. The number of nitrogens with one attached hydrogen (secondary N) is 2. The maximum Gasteiger partial charge on any atom is 0.190 e. The number of methoxy groups -OCH3 is 1. The van der Waals surface area contributed by atoms with Gasteiger partial charge in [-0.1, -0.05) is 29.8 Å². The fourth-order valence-corrected chi connectivity index (χ4v) is 3.56. The number of guanidine groups is 1. The molecule has 1 aliphatic rings. The number of aromatic nitrogens is 1. The molecule has 3 rings (SSSR count). The lowest BCUT2D eigenvalue weighted by Crippen LogP contribution is -2.41. The molecule has 1 fully saturated rings. The van der Waals surface area contributed by atoms with Gasteiger partial charge in [0.15, 0.2) is 5.96 Å². The smallest absolute Gasteiger partial charge is 0.190 e. The highest BCUT2D eigenvalue weighted by Gasteiger charge is 2.24. The van der Waals surface area contributed by atoms with E-state index in [9.17, 15) is 0 Å². The zero-order chi connectivity index (χ0) is 19.8. The first kappa shape index (κ1) is 20.3. The standard InChI is InChI=1S/C21H28ClN5O/c1-23-21(24-11-9-16-7-8-20(22)25-13-16)26-14-17-10-12-27(15-17)18-5-3-4-6-19(18)28-2/h3-8,13,17H,9-12,14-15H2,1-2H3,(H2,23,24,26). The van der Waals surface area contributed by atoms with Crippen LogP contribution in [0.1, 0.15) is 12.0 Å². The molecule has 150 valence electrons. The van der Waals surface area contributed by atoms with Crippen molar-refractivity contribution in [3.05, 3.63) is 53.3 Å². The maximum absolute atomic E-state index is 5.82. The molecule has 0 aliphatic carbocycles. The number of nitrogens with zero attached hydrogens (tertiary/aromatic N) is 3. The Morgan fingerprint density at radius 3 is 2.89 bits per heavy atom. The molecule has 0 bridgehead atoms. The molecule has 0 radical (unpaired) electrons. The zero-order valence-electron chi connectivity index (χ0n) is 16.5. The summed E-state index contributed by atoms with van der Waals surface area (Å²) in [5, 5.41) is 7.33. The highest BCUT2D eigenvalue weighted by Crippen LogP contribution is 2.31. The first-order valence-electron chi connectivity index (χ1n) is 9.62. The Bertz CT molecular complexity index is 781. The normalized spacial score (nSPS) is 16.9. The molecular weight excluding hydrogens is 374 g/mol. The molecule has 1 saturated heterocycles. The molecule has 2 N–H and O–H groups in total. The lowest BCUT2D eigenvalue weighted by molar-refractivity contribution is 0.414. The van der Waals surface area contributed by atoms with E-state index in [-0.39, 0.29) is 0 Å². The van der Waals surface area contributed by atoms with Gasteiger partial charge in [0.05, 0.1) is 12.8 Å². The number of halogens is 1. The molecule has 1 aromatic heterocycles. The van der Waals surface area contributed by atoms with Gasteiger partial charge in [0.25, 0.3) is 0 Å². The maximum atomic E-state index is 5.82. The van der Waals surface area contributed by atoms with Gasteiger partial charge in [-0.25, -0.2) is 4.98 Å². The van der Waals surface area contributed by atoms with E-state index in [2.05, 4.69) is 37.6 Å². The summed E-state index contributed by atoms with van der Waals surface area (Å²) in [6.45, 7) is 3.75. The van der Waals surface area contributed by atoms with Crippen molar-refractivity contribution in [1.29, 1.82) is 0 Å². The number of hydrogen-bond acceptors (Lipinski definition) is 4.